The van der Waals surface area contributed by atoms with Gasteiger partial charge in [0.25, 0.3) is 0 Å². The van der Waals surface area contributed by atoms with Crippen molar-refractivity contribution in [1.29, 1.82) is 0 Å². The number of H-pyrrole nitrogens is 1. The Balaban J connectivity index is 1.60. The molecular formula is C20H20N4O5S2. The third-order valence-corrected chi connectivity index (χ3v) is 6.81. The lowest BCUT2D eigenvalue weighted by molar-refractivity contribution is -0.117. The largest absolute Gasteiger partial charge is 0.494 e. The number of thioether (sulfide) groups is 1. The smallest absolute Gasteiger partial charge is 0.218 e. The number of nitrogens with zero attached hydrogens (tertiary/aromatic N) is 2. The molecule has 0 saturated carbocycles. The van der Waals surface area contributed by atoms with Gasteiger partial charge in [0.15, 0.2) is 14.9 Å². The monoisotopic (exact) mass is 460 g/mol. The van der Waals surface area contributed by atoms with Crippen LogP contribution in [-0.2, 0) is 14.6 Å². The minimum atomic E-state index is -3.38. The summed E-state index contributed by atoms with van der Waals surface area (Å²) >= 11 is 1.52. The SMILES string of the molecule is COc1cc(Oc2ccc(S(C)(=O)=O)nc2)cc2cc(C3=NCC(CC(N)=O)S3)[nH]c12. The van der Waals surface area contributed by atoms with Crippen LogP contribution in [0.25, 0.3) is 10.9 Å². The number of sulfone groups is 1. The van der Waals surface area contributed by atoms with E-state index in [2.05, 4.69) is 15.0 Å². The molecule has 1 aliphatic rings. The van der Waals surface area contributed by atoms with Crippen LogP contribution in [0.3, 0.4) is 0 Å². The Morgan fingerprint density at radius 3 is 2.74 bits per heavy atom. The van der Waals surface area contributed by atoms with Gasteiger partial charge in [-0.1, -0.05) is 11.8 Å². The Bertz CT molecular complexity index is 1280. The topological polar surface area (TPSA) is 137 Å². The highest BCUT2D eigenvalue weighted by Gasteiger charge is 2.24. The highest BCUT2D eigenvalue weighted by Crippen LogP contribution is 2.36. The van der Waals surface area contributed by atoms with Crippen molar-refractivity contribution in [3.63, 3.8) is 0 Å². The molecule has 0 spiro atoms. The molecule has 0 bridgehead atoms. The molecule has 0 fully saturated rings. The number of primary amides is 1. The first-order valence-corrected chi connectivity index (χ1v) is 12.0. The van der Waals surface area contributed by atoms with Gasteiger partial charge in [0.1, 0.15) is 22.3 Å². The molecule has 1 amide bonds. The zero-order chi connectivity index (χ0) is 22.2. The molecule has 0 aliphatic carbocycles. The van der Waals surface area contributed by atoms with E-state index in [1.165, 1.54) is 24.0 Å². The van der Waals surface area contributed by atoms with Crippen molar-refractivity contribution < 1.29 is 22.7 Å². The maximum atomic E-state index is 11.6. The molecule has 1 unspecified atom stereocenters. The minimum Gasteiger partial charge on any atom is -0.494 e. The van der Waals surface area contributed by atoms with Gasteiger partial charge in [0.2, 0.25) is 5.91 Å². The molecule has 162 valence electrons. The third-order valence-electron chi connectivity index (χ3n) is 4.59. The predicted octanol–water partition coefficient (Wildman–Crippen LogP) is 2.50. The second kappa shape index (κ2) is 8.23. The molecular weight excluding hydrogens is 440 g/mol. The number of amides is 1. The first kappa shape index (κ1) is 21.2. The number of aromatic nitrogens is 2. The lowest BCUT2D eigenvalue weighted by Gasteiger charge is -2.09. The molecule has 9 nitrogen and oxygen atoms in total. The number of fused-ring (bicyclic) bond motifs is 1. The molecule has 11 heteroatoms. The summed E-state index contributed by atoms with van der Waals surface area (Å²) in [5.74, 6) is 1.15. The van der Waals surface area contributed by atoms with Crippen LogP contribution < -0.4 is 15.2 Å². The van der Waals surface area contributed by atoms with Gasteiger partial charge in [-0.05, 0) is 24.3 Å². The molecule has 0 radical (unpaired) electrons. The van der Waals surface area contributed by atoms with Crippen molar-refractivity contribution in [2.75, 3.05) is 19.9 Å². The van der Waals surface area contributed by atoms with Gasteiger partial charge in [-0.2, -0.15) is 0 Å². The molecule has 3 aromatic rings. The van der Waals surface area contributed by atoms with Crippen molar-refractivity contribution in [2.24, 2.45) is 10.7 Å². The maximum absolute atomic E-state index is 11.6. The number of pyridine rings is 1. The first-order valence-electron chi connectivity index (χ1n) is 9.27. The Labute approximate surface area is 183 Å². The van der Waals surface area contributed by atoms with Crippen molar-refractivity contribution in [2.45, 2.75) is 16.7 Å². The molecule has 4 rings (SSSR count). The fraction of sp³-hybridized carbons (Fsp3) is 0.250. The number of carbonyl (C=O) groups is 1. The maximum Gasteiger partial charge on any atom is 0.218 e. The number of aromatic amines is 1. The number of benzene rings is 1. The highest BCUT2D eigenvalue weighted by atomic mass is 32.2. The fourth-order valence-corrected chi connectivity index (χ4v) is 4.86. The summed E-state index contributed by atoms with van der Waals surface area (Å²) in [4.78, 5) is 22.9. The number of hydrogen-bond acceptors (Lipinski definition) is 8. The van der Waals surface area contributed by atoms with Gasteiger partial charge in [-0.3, -0.25) is 9.79 Å². The summed E-state index contributed by atoms with van der Waals surface area (Å²) in [6.45, 7) is 0.542. The van der Waals surface area contributed by atoms with Gasteiger partial charge < -0.3 is 20.2 Å². The zero-order valence-corrected chi connectivity index (χ0v) is 18.4. The van der Waals surface area contributed by atoms with E-state index < -0.39 is 9.84 Å². The summed E-state index contributed by atoms with van der Waals surface area (Å²) in [5, 5.41) is 1.69. The summed E-state index contributed by atoms with van der Waals surface area (Å²) in [5.41, 5.74) is 6.90. The lowest BCUT2D eigenvalue weighted by Crippen LogP contribution is -2.18. The van der Waals surface area contributed by atoms with Gasteiger partial charge in [-0.15, -0.1) is 0 Å². The number of aliphatic imine (C=N–C) groups is 1. The van der Waals surface area contributed by atoms with Crippen LogP contribution in [0.5, 0.6) is 17.2 Å². The number of rotatable bonds is 7. The minimum absolute atomic E-state index is 0.0207. The van der Waals surface area contributed by atoms with Crippen LogP contribution in [0.4, 0.5) is 0 Å². The fourth-order valence-electron chi connectivity index (χ4n) is 3.20. The Hall–Kier alpha value is -3.05. The van der Waals surface area contributed by atoms with E-state index in [9.17, 15) is 13.2 Å². The van der Waals surface area contributed by atoms with Gasteiger partial charge in [-0.25, -0.2) is 13.4 Å². The number of ether oxygens (including phenoxy) is 2. The lowest BCUT2D eigenvalue weighted by atomic mass is 10.2. The molecule has 3 heterocycles. The zero-order valence-electron chi connectivity index (χ0n) is 16.8. The molecule has 3 N–H and O–H groups in total. The van der Waals surface area contributed by atoms with E-state index in [0.717, 1.165) is 27.9 Å². The normalized spacial score (nSPS) is 16.3. The second-order valence-electron chi connectivity index (χ2n) is 7.04. The van der Waals surface area contributed by atoms with E-state index >= 15 is 0 Å². The molecule has 1 aromatic carbocycles. The van der Waals surface area contributed by atoms with Crippen molar-refractivity contribution >= 4 is 43.5 Å². The molecule has 1 aliphatic heterocycles. The van der Waals surface area contributed by atoms with Crippen molar-refractivity contribution in [3.05, 3.63) is 42.2 Å². The van der Waals surface area contributed by atoms with E-state index in [4.69, 9.17) is 15.2 Å². The molecule has 31 heavy (non-hydrogen) atoms. The third kappa shape index (κ3) is 4.67. The molecule has 0 saturated heterocycles. The summed E-state index contributed by atoms with van der Waals surface area (Å²) in [6.07, 6.45) is 2.74. The first-order chi connectivity index (χ1) is 14.7. The van der Waals surface area contributed by atoms with Crippen LogP contribution in [0.15, 0.2) is 46.5 Å². The van der Waals surface area contributed by atoms with E-state index in [0.29, 0.717) is 23.8 Å². The Morgan fingerprint density at radius 2 is 2.10 bits per heavy atom. The molecule has 1 atom stereocenters. The van der Waals surface area contributed by atoms with Crippen molar-refractivity contribution in [3.8, 4) is 17.2 Å². The van der Waals surface area contributed by atoms with Crippen LogP contribution in [-0.4, -0.2) is 54.5 Å². The number of hydrogen-bond donors (Lipinski definition) is 2. The van der Waals surface area contributed by atoms with E-state index in [1.807, 2.05) is 12.1 Å². The summed E-state index contributed by atoms with van der Waals surface area (Å²) < 4.78 is 34.5. The van der Waals surface area contributed by atoms with Gasteiger partial charge in [0.05, 0.1) is 31.1 Å². The van der Waals surface area contributed by atoms with Gasteiger partial charge in [0, 0.05) is 29.4 Å². The quantitative estimate of drug-likeness (QED) is 0.553. The Kier molecular flexibility index (Phi) is 5.63. The molecule has 2 aromatic heterocycles. The average molecular weight is 461 g/mol. The Morgan fingerprint density at radius 1 is 1.29 bits per heavy atom. The standard InChI is InChI=1S/C20H20N4O5S2/c1-28-16-7-13(29-12-3-4-18(22-9-12)31(2,26)27)5-11-6-15(24-19(11)16)20-23-10-14(30-20)8-17(21)25/h3-7,9,14,24H,8,10H2,1-2H3,(H2,21,25). The second-order valence-corrected chi connectivity index (χ2v) is 10.3. The van der Waals surface area contributed by atoms with Crippen molar-refractivity contribution in [1.82, 2.24) is 9.97 Å². The number of methoxy groups -OCH3 is 1. The number of nitrogens with one attached hydrogen (secondary N) is 1. The summed E-state index contributed by atoms with van der Waals surface area (Å²) in [7, 11) is -1.82. The van der Waals surface area contributed by atoms with E-state index in [-0.39, 0.29) is 22.6 Å². The van der Waals surface area contributed by atoms with Crippen LogP contribution in [0.1, 0.15) is 12.1 Å². The van der Waals surface area contributed by atoms with Crippen LogP contribution >= 0.6 is 11.8 Å². The van der Waals surface area contributed by atoms with Crippen LogP contribution in [0, 0.1) is 0 Å². The van der Waals surface area contributed by atoms with E-state index in [1.54, 1.807) is 19.2 Å². The highest BCUT2D eigenvalue weighted by molar-refractivity contribution is 8.15. The average Bonchev–Trinajstić information content (AvgIpc) is 3.33. The predicted molar refractivity (Wildman–Crippen MR) is 119 cm³/mol. The van der Waals surface area contributed by atoms with Crippen LogP contribution in [0.2, 0.25) is 0 Å². The number of carbonyl (C=O) groups excluding carboxylic acids is 1. The van der Waals surface area contributed by atoms with Gasteiger partial charge >= 0.3 is 0 Å². The summed E-state index contributed by atoms with van der Waals surface area (Å²) in [6, 6.07) is 8.45. The number of nitrogens with two attached hydrogens (primary N) is 1.